The summed E-state index contributed by atoms with van der Waals surface area (Å²) in [5.41, 5.74) is 2.33. The van der Waals surface area contributed by atoms with Crippen LogP contribution in [0.4, 0.5) is 0 Å². The zero-order valence-corrected chi connectivity index (χ0v) is 20.0. The molecular weight excluding hydrogens is 535 g/mol. The van der Waals surface area contributed by atoms with Crippen molar-refractivity contribution in [2.75, 3.05) is 5.84 Å². The standard InChI is InChI=1S/C23H12BrCl3N4O/c24-13-5-1-11(2-6-13)19-21-18(16-9-15(26)10-17(27)20(16)29-19)23(32)31(28)22(30-21)12-3-7-14(25)8-4-12/h1-10H,28H2. The maximum absolute atomic E-state index is 13.5. The van der Waals surface area contributed by atoms with Gasteiger partial charge in [-0.2, -0.15) is 0 Å². The van der Waals surface area contributed by atoms with E-state index in [1.807, 2.05) is 24.3 Å². The van der Waals surface area contributed by atoms with E-state index in [9.17, 15) is 4.79 Å². The van der Waals surface area contributed by atoms with Crippen LogP contribution < -0.4 is 11.4 Å². The summed E-state index contributed by atoms with van der Waals surface area (Å²) in [5.74, 6) is 6.49. The Kier molecular flexibility index (Phi) is 5.34. The first-order chi connectivity index (χ1) is 15.3. The van der Waals surface area contributed by atoms with Crippen LogP contribution >= 0.6 is 50.7 Å². The van der Waals surface area contributed by atoms with E-state index < -0.39 is 5.56 Å². The van der Waals surface area contributed by atoms with Gasteiger partial charge >= 0.3 is 0 Å². The number of hydrogen-bond donors (Lipinski definition) is 1. The van der Waals surface area contributed by atoms with Crippen molar-refractivity contribution in [1.82, 2.24) is 14.6 Å². The van der Waals surface area contributed by atoms with E-state index in [0.717, 1.165) is 14.7 Å². The summed E-state index contributed by atoms with van der Waals surface area (Å²) < 4.78 is 1.93. The minimum Gasteiger partial charge on any atom is -0.334 e. The Balaban J connectivity index is 1.97. The summed E-state index contributed by atoms with van der Waals surface area (Å²) in [4.78, 5) is 23.1. The molecule has 2 N–H and O–H groups in total. The molecule has 5 rings (SSSR count). The molecule has 0 spiro atoms. The minimum absolute atomic E-state index is 0.284. The average Bonchev–Trinajstić information content (AvgIpc) is 2.77. The van der Waals surface area contributed by atoms with Gasteiger partial charge in [0, 0.05) is 31.0 Å². The van der Waals surface area contributed by atoms with Crippen molar-refractivity contribution in [3.05, 3.63) is 90.6 Å². The van der Waals surface area contributed by atoms with Gasteiger partial charge in [-0.1, -0.05) is 62.9 Å². The summed E-state index contributed by atoms with van der Waals surface area (Å²) in [6.45, 7) is 0. The molecule has 2 heterocycles. The Labute approximate surface area is 205 Å². The van der Waals surface area contributed by atoms with Crippen LogP contribution in [-0.2, 0) is 0 Å². The van der Waals surface area contributed by atoms with Crippen LogP contribution in [0.15, 0.2) is 69.9 Å². The van der Waals surface area contributed by atoms with E-state index in [4.69, 9.17) is 50.6 Å². The smallest absolute Gasteiger partial charge is 0.280 e. The molecule has 0 bridgehead atoms. The first-order valence-corrected chi connectivity index (χ1v) is 11.3. The van der Waals surface area contributed by atoms with Gasteiger partial charge in [-0.3, -0.25) is 4.79 Å². The van der Waals surface area contributed by atoms with Crippen LogP contribution in [0.3, 0.4) is 0 Å². The van der Waals surface area contributed by atoms with Crippen molar-refractivity contribution in [2.45, 2.75) is 0 Å². The second-order valence-corrected chi connectivity index (χ2v) is 9.29. The lowest BCUT2D eigenvalue weighted by Crippen LogP contribution is -2.30. The Morgan fingerprint density at radius 1 is 0.812 bits per heavy atom. The lowest BCUT2D eigenvalue weighted by molar-refractivity contribution is 0.928. The third-order valence-corrected chi connectivity index (χ3v) is 6.37. The van der Waals surface area contributed by atoms with Crippen molar-refractivity contribution in [2.24, 2.45) is 0 Å². The molecule has 5 nitrogen and oxygen atoms in total. The van der Waals surface area contributed by atoms with Gasteiger partial charge in [0.2, 0.25) is 0 Å². The number of rotatable bonds is 2. The average molecular weight is 547 g/mol. The fourth-order valence-corrected chi connectivity index (χ4v) is 4.52. The fraction of sp³-hybridized carbons (Fsp3) is 0. The first-order valence-electron chi connectivity index (χ1n) is 9.36. The van der Waals surface area contributed by atoms with Gasteiger partial charge in [-0.25, -0.2) is 14.6 Å². The maximum atomic E-state index is 13.5. The normalized spacial score (nSPS) is 11.4. The number of benzene rings is 3. The van der Waals surface area contributed by atoms with Crippen LogP contribution in [0.1, 0.15) is 0 Å². The third kappa shape index (κ3) is 3.53. The summed E-state index contributed by atoms with van der Waals surface area (Å²) >= 11 is 22.2. The summed E-state index contributed by atoms with van der Waals surface area (Å²) in [6, 6.07) is 17.7. The number of halogens is 4. The van der Waals surface area contributed by atoms with E-state index in [-0.39, 0.29) is 11.2 Å². The number of aromatic nitrogens is 3. The predicted molar refractivity (Wildman–Crippen MR) is 135 cm³/mol. The van der Waals surface area contributed by atoms with Gasteiger partial charge in [0.25, 0.3) is 5.56 Å². The lowest BCUT2D eigenvalue weighted by atomic mass is 10.0. The largest absolute Gasteiger partial charge is 0.334 e. The van der Waals surface area contributed by atoms with E-state index in [1.54, 1.807) is 36.4 Å². The summed E-state index contributed by atoms with van der Waals surface area (Å²) in [7, 11) is 0. The van der Waals surface area contributed by atoms with E-state index in [1.165, 1.54) is 0 Å². The Bertz CT molecular complexity index is 1580. The van der Waals surface area contributed by atoms with E-state index in [2.05, 4.69) is 15.9 Å². The topological polar surface area (TPSA) is 73.8 Å². The summed E-state index contributed by atoms with van der Waals surface area (Å²) in [5, 5.41) is 2.05. The molecule has 2 aromatic heterocycles. The van der Waals surface area contributed by atoms with Crippen LogP contribution in [0.5, 0.6) is 0 Å². The molecule has 0 fully saturated rings. The molecule has 0 saturated heterocycles. The quantitative estimate of drug-likeness (QED) is 0.197. The summed E-state index contributed by atoms with van der Waals surface area (Å²) in [6.07, 6.45) is 0. The second kappa shape index (κ2) is 8.05. The maximum Gasteiger partial charge on any atom is 0.280 e. The zero-order chi connectivity index (χ0) is 22.6. The van der Waals surface area contributed by atoms with Gasteiger partial charge in [0.1, 0.15) is 5.52 Å². The molecule has 158 valence electrons. The SMILES string of the molecule is Nn1c(-c2ccc(Cl)cc2)nc2c(-c3ccc(Br)cc3)nc3c(Cl)cc(Cl)cc3c2c1=O. The number of nitrogens with zero attached hydrogens (tertiary/aromatic N) is 3. The van der Waals surface area contributed by atoms with Crippen molar-refractivity contribution in [3.63, 3.8) is 0 Å². The van der Waals surface area contributed by atoms with Gasteiger partial charge in [0.05, 0.1) is 21.6 Å². The van der Waals surface area contributed by atoms with Crippen molar-refractivity contribution >= 4 is 72.5 Å². The second-order valence-electron chi connectivity index (χ2n) is 7.09. The predicted octanol–water partition coefficient (Wildman–Crippen LogP) is 6.72. The molecule has 0 radical (unpaired) electrons. The number of nitrogens with two attached hydrogens (primary N) is 1. The third-order valence-electron chi connectivity index (χ3n) is 5.08. The molecule has 0 atom stereocenters. The van der Waals surface area contributed by atoms with Crippen molar-refractivity contribution in [3.8, 4) is 22.6 Å². The molecule has 0 aliphatic rings. The van der Waals surface area contributed by atoms with Crippen LogP contribution in [-0.4, -0.2) is 14.6 Å². The molecule has 9 heteroatoms. The number of nitrogen functional groups attached to an aromatic ring is 1. The fourth-order valence-electron chi connectivity index (χ4n) is 3.59. The molecule has 0 unspecified atom stereocenters. The Hall–Kier alpha value is -2.64. The minimum atomic E-state index is -0.441. The zero-order valence-electron chi connectivity index (χ0n) is 16.1. The van der Waals surface area contributed by atoms with Gasteiger partial charge in [-0.05, 0) is 48.5 Å². The van der Waals surface area contributed by atoms with Crippen molar-refractivity contribution in [1.29, 1.82) is 0 Å². The van der Waals surface area contributed by atoms with Crippen molar-refractivity contribution < 1.29 is 0 Å². The van der Waals surface area contributed by atoms with Gasteiger partial charge in [0.15, 0.2) is 5.82 Å². The highest BCUT2D eigenvalue weighted by atomic mass is 79.9. The molecule has 0 saturated carbocycles. The number of hydrogen-bond acceptors (Lipinski definition) is 4. The van der Waals surface area contributed by atoms with E-state index in [0.29, 0.717) is 42.7 Å². The molecular formula is C23H12BrCl3N4O. The molecule has 3 aromatic carbocycles. The molecule has 0 amide bonds. The van der Waals surface area contributed by atoms with Crippen LogP contribution in [0.25, 0.3) is 44.5 Å². The lowest BCUT2D eigenvalue weighted by Gasteiger charge is -2.14. The van der Waals surface area contributed by atoms with E-state index >= 15 is 0 Å². The Morgan fingerprint density at radius 3 is 2.16 bits per heavy atom. The first kappa shape index (κ1) is 21.2. The van der Waals surface area contributed by atoms with Gasteiger partial charge < -0.3 is 5.84 Å². The number of fused-ring (bicyclic) bond motifs is 3. The Morgan fingerprint density at radius 2 is 1.47 bits per heavy atom. The van der Waals surface area contributed by atoms with Gasteiger partial charge in [-0.15, -0.1) is 0 Å². The highest BCUT2D eigenvalue weighted by molar-refractivity contribution is 9.10. The highest BCUT2D eigenvalue weighted by Gasteiger charge is 2.20. The molecule has 5 aromatic rings. The molecule has 32 heavy (non-hydrogen) atoms. The monoisotopic (exact) mass is 544 g/mol. The molecule has 0 aliphatic carbocycles. The molecule has 0 aliphatic heterocycles. The number of pyridine rings is 1. The van der Waals surface area contributed by atoms with Crippen LogP contribution in [0, 0.1) is 0 Å². The highest BCUT2D eigenvalue weighted by Crippen LogP contribution is 2.35. The van der Waals surface area contributed by atoms with Crippen LogP contribution in [0.2, 0.25) is 15.1 Å².